The van der Waals surface area contributed by atoms with Crippen LogP contribution < -0.4 is 4.90 Å². The van der Waals surface area contributed by atoms with Crippen LogP contribution in [0.4, 0.5) is 11.4 Å². The lowest BCUT2D eigenvalue weighted by Crippen LogP contribution is -2.09. The molecule has 0 aliphatic heterocycles. The molecule has 0 N–H and O–H groups in total. The van der Waals surface area contributed by atoms with Gasteiger partial charge >= 0.3 is 0 Å². The molecule has 1 aliphatic rings. The van der Waals surface area contributed by atoms with E-state index >= 15 is 0 Å². The van der Waals surface area contributed by atoms with Gasteiger partial charge in [-0.25, -0.2) is 0 Å². The third kappa shape index (κ3) is 6.35. The molecule has 0 radical (unpaired) electrons. The average Bonchev–Trinajstić information content (AvgIpc) is 2.77. The normalized spacial score (nSPS) is 16.0. The number of nitrogens with zero attached hydrogens (tertiary/aromatic N) is 1. The van der Waals surface area contributed by atoms with Crippen molar-refractivity contribution in [3.8, 4) is 0 Å². The molecule has 0 aromatic heterocycles. The second kappa shape index (κ2) is 11.0. The van der Waals surface area contributed by atoms with Gasteiger partial charge in [0.25, 0.3) is 0 Å². The molecule has 2 aromatic rings. The maximum Gasteiger partial charge on any atom is 0.0408 e. The predicted molar refractivity (Wildman–Crippen MR) is 129 cm³/mol. The number of hydrogen-bond acceptors (Lipinski definition) is 1. The Balaban J connectivity index is 1.53. The van der Waals surface area contributed by atoms with Gasteiger partial charge in [0, 0.05) is 18.4 Å². The lowest BCUT2D eigenvalue weighted by Gasteiger charge is -2.20. The summed E-state index contributed by atoms with van der Waals surface area (Å²) in [6.45, 7) is 4.54. The number of anilines is 2. The van der Waals surface area contributed by atoms with E-state index in [1.807, 2.05) is 0 Å². The predicted octanol–water partition coefficient (Wildman–Crippen LogP) is 8.34. The Kier molecular flexibility index (Phi) is 8.16. The molecule has 29 heavy (non-hydrogen) atoms. The van der Waals surface area contributed by atoms with E-state index in [9.17, 15) is 0 Å². The molecule has 0 bridgehead atoms. The maximum absolute atomic E-state index is 2.35. The first kappa shape index (κ1) is 21.4. The van der Waals surface area contributed by atoms with Gasteiger partial charge in [-0.2, -0.15) is 0 Å². The van der Waals surface area contributed by atoms with Gasteiger partial charge in [-0.1, -0.05) is 88.4 Å². The van der Waals surface area contributed by atoms with E-state index < -0.39 is 0 Å². The van der Waals surface area contributed by atoms with Crippen molar-refractivity contribution in [2.24, 2.45) is 5.92 Å². The van der Waals surface area contributed by atoms with E-state index in [1.165, 1.54) is 73.0 Å². The molecule has 1 unspecified atom stereocenters. The fraction of sp³-hybridized carbons (Fsp3) is 0.429. The van der Waals surface area contributed by atoms with Crippen LogP contribution in [-0.4, -0.2) is 7.05 Å². The van der Waals surface area contributed by atoms with E-state index in [0.717, 1.165) is 6.42 Å². The van der Waals surface area contributed by atoms with Crippen molar-refractivity contribution in [1.82, 2.24) is 0 Å². The highest BCUT2D eigenvalue weighted by molar-refractivity contribution is 5.76. The second-order valence-electron chi connectivity index (χ2n) is 8.52. The van der Waals surface area contributed by atoms with Gasteiger partial charge < -0.3 is 4.90 Å². The van der Waals surface area contributed by atoms with Gasteiger partial charge in [-0.15, -0.1) is 0 Å². The molecule has 1 atom stereocenters. The summed E-state index contributed by atoms with van der Waals surface area (Å²) < 4.78 is 0. The fourth-order valence-corrected chi connectivity index (χ4v) is 3.96. The minimum absolute atomic E-state index is 0.660. The van der Waals surface area contributed by atoms with Crippen LogP contribution >= 0.6 is 0 Å². The van der Waals surface area contributed by atoms with Crippen molar-refractivity contribution in [3.63, 3.8) is 0 Å². The minimum Gasteiger partial charge on any atom is -0.345 e. The molecule has 0 saturated heterocycles. The van der Waals surface area contributed by atoms with Crippen LogP contribution in [0.15, 0.2) is 66.8 Å². The fourth-order valence-electron chi connectivity index (χ4n) is 3.96. The van der Waals surface area contributed by atoms with E-state index in [4.69, 9.17) is 0 Å². The number of rotatable bonds is 10. The van der Waals surface area contributed by atoms with E-state index in [0.29, 0.717) is 5.92 Å². The first-order chi connectivity index (χ1) is 14.2. The summed E-state index contributed by atoms with van der Waals surface area (Å²) in [6, 6.07) is 18.0. The average molecular weight is 388 g/mol. The van der Waals surface area contributed by atoms with Gasteiger partial charge in [0.15, 0.2) is 0 Å². The van der Waals surface area contributed by atoms with Crippen molar-refractivity contribution in [2.75, 3.05) is 11.9 Å². The molecule has 3 rings (SSSR count). The van der Waals surface area contributed by atoms with Crippen LogP contribution in [-0.2, 0) is 6.42 Å². The van der Waals surface area contributed by atoms with Crippen molar-refractivity contribution < 1.29 is 0 Å². The van der Waals surface area contributed by atoms with Crippen LogP contribution in [0, 0.1) is 5.92 Å². The molecule has 2 aromatic carbocycles. The lowest BCUT2D eigenvalue weighted by atomic mass is 9.94. The topological polar surface area (TPSA) is 3.24 Å². The Labute approximate surface area is 178 Å². The Bertz CT molecular complexity index is 795. The first-order valence-corrected chi connectivity index (χ1v) is 11.5. The molecule has 154 valence electrons. The quantitative estimate of drug-likeness (QED) is 0.370. The zero-order valence-electron chi connectivity index (χ0n) is 18.5. The molecule has 1 aliphatic carbocycles. The Hall–Kier alpha value is -2.28. The number of hydrogen-bond donors (Lipinski definition) is 0. The summed E-state index contributed by atoms with van der Waals surface area (Å²) in [6.07, 6.45) is 17.4. The van der Waals surface area contributed by atoms with E-state index in [1.54, 1.807) is 0 Å². The van der Waals surface area contributed by atoms with Gasteiger partial charge in [-0.05, 0) is 66.1 Å². The molecular weight excluding hydrogens is 350 g/mol. The summed E-state index contributed by atoms with van der Waals surface area (Å²) in [7, 11) is 2.15. The van der Waals surface area contributed by atoms with Gasteiger partial charge in [0.2, 0.25) is 0 Å². The van der Waals surface area contributed by atoms with Gasteiger partial charge in [0.05, 0.1) is 0 Å². The highest BCUT2D eigenvalue weighted by atomic mass is 15.1. The van der Waals surface area contributed by atoms with Crippen LogP contribution in [0.2, 0.25) is 0 Å². The first-order valence-electron chi connectivity index (χ1n) is 11.5. The summed E-state index contributed by atoms with van der Waals surface area (Å²) >= 11 is 0. The van der Waals surface area contributed by atoms with Crippen LogP contribution in [0.5, 0.6) is 0 Å². The zero-order chi connectivity index (χ0) is 20.5. The van der Waals surface area contributed by atoms with Gasteiger partial charge in [-0.3, -0.25) is 0 Å². The maximum atomic E-state index is 2.35. The molecule has 0 heterocycles. The molecule has 0 spiro atoms. The minimum atomic E-state index is 0.660. The van der Waals surface area contributed by atoms with Crippen molar-refractivity contribution >= 4 is 16.9 Å². The molecule has 0 fully saturated rings. The highest BCUT2D eigenvalue weighted by Gasteiger charge is 2.08. The lowest BCUT2D eigenvalue weighted by molar-refractivity contribution is 0.607. The molecular formula is C28H37N. The van der Waals surface area contributed by atoms with Crippen molar-refractivity contribution in [1.29, 1.82) is 0 Å². The van der Waals surface area contributed by atoms with Crippen LogP contribution in [0.3, 0.4) is 0 Å². The SMILES string of the molecule is CCCCCCCCc1ccc(N(C)c2ccc(C3=CCC(C)C=C3)cc2)cc1. The molecule has 0 amide bonds. The number of aryl methyl sites for hydroxylation is 1. The molecule has 0 saturated carbocycles. The van der Waals surface area contributed by atoms with E-state index in [-0.39, 0.29) is 0 Å². The molecule has 1 heteroatoms. The standard InChI is InChI=1S/C28H37N/c1-4-5-6-7-8-9-10-24-13-19-27(20-14-24)29(3)28-21-17-26(18-22-28)25-15-11-23(2)12-16-25/h11,13-23H,4-10,12H2,1-3H3. The molecule has 1 nitrogen and oxygen atoms in total. The van der Waals surface area contributed by atoms with Crippen LogP contribution in [0.1, 0.15) is 69.9 Å². The largest absolute Gasteiger partial charge is 0.345 e. The summed E-state index contributed by atoms with van der Waals surface area (Å²) in [5, 5.41) is 0. The summed E-state index contributed by atoms with van der Waals surface area (Å²) in [5.41, 5.74) is 6.58. The monoisotopic (exact) mass is 387 g/mol. The summed E-state index contributed by atoms with van der Waals surface area (Å²) in [5.74, 6) is 0.660. The Morgan fingerprint density at radius 1 is 0.828 bits per heavy atom. The Morgan fingerprint density at radius 2 is 1.45 bits per heavy atom. The third-order valence-electron chi connectivity index (χ3n) is 6.04. The summed E-state index contributed by atoms with van der Waals surface area (Å²) in [4.78, 5) is 2.27. The number of allylic oxidation sites excluding steroid dienone is 4. The second-order valence-corrected chi connectivity index (χ2v) is 8.52. The third-order valence-corrected chi connectivity index (χ3v) is 6.04. The number of benzene rings is 2. The van der Waals surface area contributed by atoms with Crippen molar-refractivity contribution in [3.05, 3.63) is 77.9 Å². The number of unbranched alkanes of at least 4 members (excludes halogenated alkanes) is 5. The zero-order valence-corrected chi connectivity index (χ0v) is 18.5. The smallest absolute Gasteiger partial charge is 0.0408 e. The van der Waals surface area contributed by atoms with Gasteiger partial charge in [0.1, 0.15) is 0 Å². The van der Waals surface area contributed by atoms with Crippen LogP contribution in [0.25, 0.3) is 5.57 Å². The Morgan fingerprint density at radius 3 is 2.07 bits per heavy atom. The van der Waals surface area contributed by atoms with Crippen molar-refractivity contribution in [2.45, 2.75) is 65.2 Å². The van der Waals surface area contributed by atoms with E-state index in [2.05, 4.69) is 92.6 Å². The highest BCUT2D eigenvalue weighted by Crippen LogP contribution is 2.28.